The van der Waals surface area contributed by atoms with Crippen LogP contribution in [0.2, 0.25) is 0 Å². The summed E-state index contributed by atoms with van der Waals surface area (Å²) in [6.07, 6.45) is 0.845. The van der Waals surface area contributed by atoms with Gasteiger partial charge in [0.25, 0.3) is 5.92 Å². The molecule has 2 aliphatic carbocycles. The molecule has 0 amide bonds. The number of ether oxygens (including phenoxy) is 1. The Morgan fingerprint density at radius 1 is 1.22 bits per heavy atom. The lowest BCUT2D eigenvalue weighted by molar-refractivity contribution is -0.0950. The molecule has 3 heterocycles. The van der Waals surface area contributed by atoms with E-state index < -0.39 is 30.1 Å². The molecule has 5 rings (SSSR count). The molecule has 1 unspecified atom stereocenters. The highest BCUT2D eigenvalue weighted by Gasteiger charge is 2.51. The molecule has 2 fully saturated rings. The van der Waals surface area contributed by atoms with E-state index in [0.29, 0.717) is 40.5 Å². The minimum atomic E-state index is -3.14. The average molecular weight is 535 g/mol. The first-order chi connectivity index (χ1) is 17.6. The first-order valence-corrected chi connectivity index (χ1v) is 13.3. The fourth-order valence-electron chi connectivity index (χ4n) is 4.82. The van der Waals surface area contributed by atoms with Crippen LogP contribution < -0.4 is 10.6 Å². The zero-order chi connectivity index (χ0) is 26.5. The van der Waals surface area contributed by atoms with Crippen LogP contribution in [0.25, 0.3) is 20.8 Å². The molecule has 0 bridgehead atoms. The molecule has 9 nitrogen and oxygen atoms in total. The van der Waals surface area contributed by atoms with E-state index in [9.17, 15) is 19.0 Å². The second-order valence-electron chi connectivity index (χ2n) is 10.2. The smallest absolute Gasteiger partial charge is 0.250 e. The van der Waals surface area contributed by atoms with Gasteiger partial charge in [-0.3, -0.25) is 4.98 Å². The lowest BCUT2D eigenvalue weighted by Crippen LogP contribution is -2.38. The maximum absolute atomic E-state index is 14.1. The molecule has 5 atom stereocenters. The number of pyridine rings is 1. The summed E-state index contributed by atoms with van der Waals surface area (Å²) in [5, 5.41) is 28.0. The van der Waals surface area contributed by atoms with Gasteiger partial charge in [0.1, 0.15) is 22.4 Å². The average Bonchev–Trinajstić information content (AvgIpc) is 3.54. The van der Waals surface area contributed by atoms with Gasteiger partial charge in [-0.05, 0) is 46.1 Å². The first kappa shape index (κ1) is 26.1. The number of methoxy groups -OCH3 is 1. The molecule has 2 aliphatic rings. The van der Waals surface area contributed by atoms with E-state index in [-0.39, 0.29) is 12.5 Å². The van der Waals surface area contributed by atoms with Gasteiger partial charge in [-0.2, -0.15) is 4.98 Å². The number of hydrogen-bond acceptors (Lipinski definition) is 10. The Kier molecular flexibility index (Phi) is 7.03. The van der Waals surface area contributed by atoms with Crippen molar-refractivity contribution in [2.24, 2.45) is 5.92 Å². The number of hydrogen-bond donors (Lipinski definition) is 4. The van der Waals surface area contributed by atoms with Crippen molar-refractivity contribution in [1.29, 1.82) is 0 Å². The van der Waals surface area contributed by atoms with Gasteiger partial charge < -0.3 is 25.6 Å². The minimum Gasteiger partial charge on any atom is -0.390 e. The predicted octanol–water partition coefficient (Wildman–Crippen LogP) is 3.96. The molecule has 0 saturated heterocycles. The summed E-state index contributed by atoms with van der Waals surface area (Å²) in [7, 11) is 1.61. The lowest BCUT2D eigenvalue weighted by Gasteiger charge is -2.22. The molecule has 0 radical (unpaired) electrons. The third kappa shape index (κ3) is 5.25. The van der Waals surface area contributed by atoms with Crippen molar-refractivity contribution >= 4 is 33.3 Å². The van der Waals surface area contributed by atoms with Crippen LogP contribution in [0.1, 0.15) is 50.4 Å². The summed E-state index contributed by atoms with van der Waals surface area (Å²) in [6, 6.07) is 1.10. The Balaban J connectivity index is 1.54. The number of aliphatic hydroxyl groups excluding tert-OH is 2. The Labute approximate surface area is 217 Å². The number of nitrogens with one attached hydrogen (secondary N) is 2. The zero-order valence-corrected chi connectivity index (χ0v) is 22.0. The second kappa shape index (κ2) is 9.97. The maximum Gasteiger partial charge on any atom is 0.250 e. The molecule has 3 aromatic heterocycles. The van der Waals surface area contributed by atoms with Crippen LogP contribution in [0.3, 0.4) is 0 Å². The number of halogens is 2. The molecular weight excluding hydrogens is 502 g/mol. The number of fused-ring (bicyclic) bond motifs is 1. The van der Waals surface area contributed by atoms with Gasteiger partial charge >= 0.3 is 0 Å². The van der Waals surface area contributed by atoms with Crippen molar-refractivity contribution in [3.8, 4) is 10.6 Å². The summed E-state index contributed by atoms with van der Waals surface area (Å²) in [6.45, 7) is 4.96. The molecule has 12 heteroatoms. The molecule has 0 spiro atoms. The van der Waals surface area contributed by atoms with Gasteiger partial charge in [-0.1, -0.05) is 0 Å². The normalized spacial score (nSPS) is 25.0. The number of thiazole rings is 1. The van der Waals surface area contributed by atoms with E-state index in [0.717, 1.165) is 35.7 Å². The van der Waals surface area contributed by atoms with Gasteiger partial charge in [0.15, 0.2) is 0 Å². The molecule has 2 saturated carbocycles. The lowest BCUT2D eigenvalue weighted by atomic mass is 9.98. The quantitative estimate of drug-likeness (QED) is 0.323. The van der Waals surface area contributed by atoms with Crippen LogP contribution in [0.15, 0.2) is 12.3 Å². The standard InChI is InChI=1S/C25H32F2N6O3S/c1-11(36-4)10-29-24-30-12(2)17(23-32-19-16(37-23)7-8-28-18(19)13-5-6-13)22(33-24)31-15-9-14(25(3,26)27)20(34)21(15)35/h7-8,11,13-15,20-21,34-35H,5-6,9-10H2,1-4H3,(H2,29,30,31,33)/t11-,14+,15?,20-,21+/m1/s1. The van der Waals surface area contributed by atoms with Crippen molar-refractivity contribution in [3.63, 3.8) is 0 Å². The fraction of sp³-hybridized carbons (Fsp3) is 0.600. The number of aliphatic hydroxyl groups is 2. The van der Waals surface area contributed by atoms with Crippen LogP contribution in [-0.4, -0.2) is 74.1 Å². The van der Waals surface area contributed by atoms with Crippen molar-refractivity contribution in [2.75, 3.05) is 24.3 Å². The molecule has 0 aromatic carbocycles. The van der Waals surface area contributed by atoms with E-state index in [1.807, 2.05) is 19.9 Å². The van der Waals surface area contributed by atoms with Gasteiger partial charge in [0.05, 0.1) is 45.8 Å². The van der Waals surface area contributed by atoms with E-state index in [2.05, 4.69) is 25.6 Å². The number of alkyl halides is 2. The Bertz CT molecular complexity index is 1280. The van der Waals surface area contributed by atoms with Gasteiger partial charge in [0, 0.05) is 25.8 Å². The van der Waals surface area contributed by atoms with Crippen LogP contribution in [0.5, 0.6) is 0 Å². The van der Waals surface area contributed by atoms with Gasteiger partial charge in [0.2, 0.25) is 5.95 Å². The second-order valence-corrected chi connectivity index (χ2v) is 11.2. The summed E-state index contributed by atoms with van der Waals surface area (Å²) >= 11 is 1.49. The largest absolute Gasteiger partial charge is 0.390 e. The topological polar surface area (TPSA) is 125 Å². The third-order valence-electron chi connectivity index (χ3n) is 7.21. The SMILES string of the molecule is CO[C@H](C)CNc1nc(C)c(-c2nc3c(C4CC4)nccc3s2)c(NC2C[C@H](C(C)(F)F)[C@@H](O)[C@H]2O)n1. The van der Waals surface area contributed by atoms with Gasteiger partial charge in [-0.15, -0.1) is 11.3 Å². The van der Waals surface area contributed by atoms with E-state index in [1.165, 1.54) is 11.3 Å². The van der Waals surface area contributed by atoms with Crippen LogP contribution in [0, 0.1) is 12.8 Å². The van der Waals surface area contributed by atoms with Crippen molar-refractivity contribution in [1.82, 2.24) is 19.9 Å². The minimum absolute atomic E-state index is 0.0862. The number of rotatable bonds is 9. The Hall–Kier alpha value is -2.54. The van der Waals surface area contributed by atoms with E-state index >= 15 is 0 Å². The predicted molar refractivity (Wildman–Crippen MR) is 138 cm³/mol. The first-order valence-electron chi connectivity index (χ1n) is 12.5. The highest BCUT2D eigenvalue weighted by Crippen LogP contribution is 2.45. The zero-order valence-electron chi connectivity index (χ0n) is 21.2. The van der Waals surface area contributed by atoms with Crippen LogP contribution in [-0.2, 0) is 4.74 Å². The molecular formula is C25H32F2N6O3S. The number of anilines is 2. The molecule has 37 heavy (non-hydrogen) atoms. The molecule has 4 N–H and O–H groups in total. The van der Waals surface area contributed by atoms with E-state index in [4.69, 9.17) is 9.72 Å². The molecule has 3 aromatic rings. The number of aryl methyl sites for hydroxylation is 1. The summed E-state index contributed by atoms with van der Waals surface area (Å²) in [5.74, 6) is -3.40. The van der Waals surface area contributed by atoms with Crippen LogP contribution in [0.4, 0.5) is 20.5 Å². The summed E-state index contributed by atoms with van der Waals surface area (Å²) in [5.41, 5.74) is 3.10. The summed E-state index contributed by atoms with van der Waals surface area (Å²) < 4.78 is 34.5. The van der Waals surface area contributed by atoms with Gasteiger partial charge in [-0.25, -0.2) is 18.7 Å². The van der Waals surface area contributed by atoms with Crippen molar-refractivity contribution in [2.45, 2.75) is 76.2 Å². The van der Waals surface area contributed by atoms with Crippen molar-refractivity contribution < 1.29 is 23.7 Å². The van der Waals surface area contributed by atoms with Crippen LogP contribution >= 0.6 is 11.3 Å². The summed E-state index contributed by atoms with van der Waals surface area (Å²) in [4.78, 5) is 18.7. The highest BCUT2D eigenvalue weighted by molar-refractivity contribution is 7.21. The Morgan fingerprint density at radius 2 is 1.97 bits per heavy atom. The van der Waals surface area contributed by atoms with E-state index in [1.54, 1.807) is 13.3 Å². The maximum atomic E-state index is 14.1. The fourth-order valence-corrected chi connectivity index (χ4v) is 5.89. The molecule has 200 valence electrons. The molecule has 0 aliphatic heterocycles. The highest BCUT2D eigenvalue weighted by atomic mass is 32.1. The monoisotopic (exact) mass is 534 g/mol. The third-order valence-corrected chi connectivity index (χ3v) is 8.25. The van der Waals surface area contributed by atoms with Crippen molar-refractivity contribution in [3.05, 3.63) is 23.7 Å². The number of aromatic nitrogens is 4. The Morgan fingerprint density at radius 3 is 2.62 bits per heavy atom. The number of nitrogens with zero attached hydrogens (tertiary/aromatic N) is 4.